The molecule has 0 unspecified atom stereocenters. The molecule has 0 saturated carbocycles. The molecule has 1 aliphatic heterocycles. The number of rotatable bonds is 4. The fourth-order valence-corrected chi connectivity index (χ4v) is 3.24. The summed E-state index contributed by atoms with van der Waals surface area (Å²) in [6.07, 6.45) is 0. The fourth-order valence-electron chi connectivity index (χ4n) is 2.20. The van der Waals surface area contributed by atoms with Crippen LogP contribution in [0.3, 0.4) is 0 Å². The summed E-state index contributed by atoms with van der Waals surface area (Å²) in [5, 5.41) is 9.88. The van der Waals surface area contributed by atoms with Crippen LogP contribution >= 0.6 is 35.0 Å². The van der Waals surface area contributed by atoms with E-state index in [1.807, 2.05) is 37.4 Å². The van der Waals surface area contributed by atoms with Gasteiger partial charge >= 0.3 is 0 Å². The van der Waals surface area contributed by atoms with E-state index in [-0.39, 0.29) is 11.7 Å². The second kappa shape index (κ2) is 9.12. The van der Waals surface area contributed by atoms with Crippen molar-refractivity contribution in [3.63, 3.8) is 0 Å². The van der Waals surface area contributed by atoms with E-state index in [2.05, 4.69) is 15.4 Å². The number of nitrogens with zero attached hydrogens (tertiary/aromatic N) is 3. The smallest absolute Gasteiger partial charge is 0.234 e. The molecular formula is C18H16Cl2N4O2S. The minimum atomic E-state index is -0.235. The molecule has 0 saturated heterocycles. The van der Waals surface area contributed by atoms with Crippen molar-refractivity contribution in [3.8, 4) is 5.75 Å². The van der Waals surface area contributed by atoms with E-state index >= 15 is 0 Å². The van der Waals surface area contributed by atoms with Crippen LogP contribution in [0.5, 0.6) is 5.75 Å². The van der Waals surface area contributed by atoms with Gasteiger partial charge in [0.2, 0.25) is 17.0 Å². The van der Waals surface area contributed by atoms with Gasteiger partial charge in [0.1, 0.15) is 12.3 Å². The Kier molecular flexibility index (Phi) is 6.60. The molecule has 0 atom stereocenters. The van der Waals surface area contributed by atoms with Gasteiger partial charge in [-0.25, -0.2) is 0 Å². The van der Waals surface area contributed by atoms with Gasteiger partial charge in [-0.05, 0) is 24.3 Å². The van der Waals surface area contributed by atoms with Crippen molar-refractivity contribution in [1.82, 2.24) is 5.01 Å². The van der Waals surface area contributed by atoms with Crippen LogP contribution in [0.4, 0.5) is 5.69 Å². The molecule has 1 amide bonds. The molecule has 140 valence electrons. The third-order valence-electron chi connectivity index (χ3n) is 3.38. The van der Waals surface area contributed by atoms with Gasteiger partial charge in [0.25, 0.3) is 0 Å². The SMILES string of the molecule is CN1CC(Oc2ccccc2)=NC(SCC(=O)Nc2cccc(Cl)c2Cl)=N1. The highest BCUT2D eigenvalue weighted by molar-refractivity contribution is 8.14. The Balaban J connectivity index is 1.59. The number of thioether (sulfide) groups is 1. The van der Waals surface area contributed by atoms with Gasteiger partial charge in [-0.1, -0.05) is 59.2 Å². The van der Waals surface area contributed by atoms with Gasteiger partial charge in [-0.15, -0.1) is 5.10 Å². The number of hydrogen-bond donors (Lipinski definition) is 1. The highest BCUT2D eigenvalue weighted by Crippen LogP contribution is 2.29. The van der Waals surface area contributed by atoms with Gasteiger partial charge in [0.15, 0.2) is 0 Å². The highest BCUT2D eigenvalue weighted by atomic mass is 35.5. The van der Waals surface area contributed by atoms with Crippen molar-refractivity contribution < 1.29 is 9.53 Å². The van der Waals surface area contributed by atoms with Gasteiger partial charge in [0, 0.05) is 7.05 Å². The molecule has 3 rings (SSSR count). The second-order valence-corrected chi connectivity index (χ2v) is 7.28. The maximum atomic E-state index is 12.2. The summed E-state index contributed by atoms with van der Waals surface area (Å²) in [4.78, 5) is 16.6. The zero-order valence-corrected chi connectivity index (χ0v) is 16.7. The van der Waals surface area contributed by atoms with Crippen LogP contribution in [-0.4, -0.2) is 41.3 Å². The monoisotopic (exact) mass is 422 g/mol. The van der Waals surface area contributed by atoms with Crippen molar-refractivity contribution in [2.45, 2.75) is 0 Å². The molecule has 0 aromatic heterocycles. The van der Waals surface area contributed by atoms with Crippen molar-refractivity contribution in [2.24, 2.45) is 10.1 Å². The van der Waals surface area contributed by atoms with Crippen LogP contribution in [0.1, 0.15) is 0 Å². The Morgan fingerprint density at radius 3 is 2.78 bits per heavy atom. The minimum absolute atomic E-state index is 0.123. The number of hydrazone groups is 1. The number of amides is 1. The predicted octanol–water partition coefficient (Wildman–Crippen LogP) is 4.36. The van der Waals surface area contributed by atoms with Crippen LogP contribution in [0.2, 0.25) is 10.0 Å². The molecule has 0 aliphatic carbocycles. The summed E-state index contributed by atoms with van der Waals surface area (Å²) >= 11 is 13.2. The number of halogens is 2. The predicted molar refractivity (Wildman–Crippen MR) is 112 cm³/mol. The molecule has 0 radical (unpaired) electrons. The van der Waals surface area contributed by atoms with E-state index in [9.17, 15) is 4.79 Å². The molecule has 6 nitrogen and oxygen atoms in total. The maximum absolute atomic E-state index is 12.2. The first kappa shape index (κ1) is 19.5. The molecule has 0 fully saturated rings. The number of para-hydroxylation sites is 1. The lowest BCUT2D eigenvalue weighted by atomic mass is 10.3. The standard InChI is InChI=1S/C18H16Cl2N4O2S/c1-24-10-16(26-12-6-3-2-4-7-12)22-18(23-24)27-11-15(25)21-14-9-5-8-13(19)17(14)20/h2-9H,10-11H2,1H3,(H,21,25). The number of anilines is 1. The molecule has 1 heterocycles. The average molecular weight is 423 g/mol. The molecule has 2 aromatic carbocycles. The Labute approximate surface area is 171 Å². The number of likely N-dealkylation sites (N-methyl/N-ethyl adjacent to an activating group) is 1. The summed E-state index contributed by atoms with van der Waals surface area (Å²) < 4.78 is 5.77. The van der Waals surface area contributed by atoms with Crippen molar-refractivity contribution in [1.29, 1.82) is 0 Å². The Hall–Kier alpha value is -2.22. The molecule has 1 aliphatic rings. The largest absolute Gasteiger partial charge is 0.441 e. The van der Waals surface area contributed by atoms with E-state index < -0.39 is 0 Å². The number of nitrogens with one attached hydrogen (secondary N) is 1. The zero-order valence-electron chi connectivity index (χ0n) is 14.4. The average Bonchev–Trinajstić information content (AvgIpc) is 2.64. The van der Waals surface area contributed by atoms with E-state index in [0.717, 1.165) is 0 Å². The summed E-state index contributed by atoms with van der Waals surface area (Å²) in [5.74, 6) is 1.10. The van der Waals surface area contributed by atoms with Crippen molar-refractivity contribution >= 4 is 57.6 Å². The molecule has 1 N–H and O–H groups in total. The molecule has 27 heavy (non-hydrogen) atoms. The summed E-state index contributed by atoms with van der Waals surface area (Å²) in [5.41, 5.74) is 0.467. The number of hydrogen-bond acceptors (Lipinski definition) is 6. The first-order chi connectivity index (χ1) is 13.0. The third kappa shape index (κ3) is 5.63. The number of carbonyl (C=O) groups is 1. The number of aliphatic imine (C=N–C) groups is 1. The van der Waals surface area contributed by atoms with E-state index in [4.69, 9.17) is 27.9 Å². The van der Waals surface area contributed by atoms with E-state index in [0.29, 0.717) is 39.1 Å². The van der Waals surface area contributed by atoms with Gasteiger partial charge in [0.05, 0.1) is 21.5 Å². The lowest BCUT2D eigenvalue weighted by molar-refractivity contribution is -0.113. The fraction of sp³-hybridized carbons (Fsp3) is 0.167. The third-order valence-corrected chi connectivity index (χ3v) is 5.03. The van der Waals surface area contributed by atoms with Gasteiger partial charge in [-0.3, -0.25) is 9.80 Å². The quantitative estimate of drug-likeness (QED) is 0.794. The second-order valence-electron chi connectivity index (χ2n) is 5.56. The number of ether oxygens (including phenoxy) is 1. The van der Waals surface area contributed by atoms with Crippen molar-refractivity contribution in [2.75, 3.05) is 24.7 Å². The molecular weight excluding hydrogens is 407 g/mol. The molecule has 2 aromatic rings. The van der Waals surface area contributed by atoms with Gasteiger partial charge in [-0.2, -0.15) is 4.99 Å². The maximum Gasteiger partial charge on any atom is 0.234 e. The number of benzene rings is 2. The molecule has 0 bridgehead atoms. The topological polar surface area (TPSA) is 66.3 Å². The first-order valence-electron chi connectivity index (χ1n) is 7.98. The minimum Gasteiger partial charge on any atom is -0.441 e. The summed E-state index contributed by atoms with van der Waals surface area (Å²) in [7, 11) is 1.81. The lowest BCUT2D eigenvalue weighted by Crippen LogP contribution is -2.31. The zero-order chi connectivity index (χ0) is 19.2. The number of amidine groups is 1. The highest BCUT2D eigenvalue weighted by Gasteiger charge is 2.17. The summed E-state index contributed by atoms with van der Waals surface area (Å²) in [6.45, 7) is 0.448. The van der Waals surface area contributed by atoms with Gasteiger partial charge < -0.3 is 10.1 Å². The Bertz CT molecular complexity index is 890. The van der Waals surface area contributed by atoms with Crippen molar-refractivity contribution in [3.05, 3.63) is 58.6 Å². The van der Waals surface area contributed by atoms with Crippen LogP contribution < -0.4 is 10.1 Å². The Morgan fingerprint density at radius 2 is 2.00 bits per heavy atom. The lowest BCUT2D eigenvalue weighted by Gasteiger charge is -2.20. The normalized spacial score (nSPS) is 13.7. The summed E-state index contributed by atoms with van der Waals surface area (Å²) in [6, 6.07) is 14.4. The van der Waals surface area contributed by atoms with Crippen LogP contribution in [0, 0.1) is 0 Å². The van der Waals surface area contributed by atoms with Crippen LogP contribution in [-0.2, 0) is 4.79 Å². The number of carbonyl (C=O) groups excluding carboxylic acids is 1. The first-order valence-corrected chi connectivity index (χ1v) is 9.72. The molecule has 0 spiro atoms. The van der Waals surface area contributed by atoms with E-state index in [1.165, 1.54) is 11.8 Å². The van der Waals surface area contributed by atoms with Crippen LogP contribution in [0.15, 0.2) is 58.6 Å². The van der Waals surface area contributed by atoms with E-state index in [1.54, 1.807) is 23.2 Å². The van der Waals surface area contributed by atoms with Crippen LogP contribution in [0.25, 0.3) is 0 Å². The molecule has 9 heteroatoms. The Morgan fingerprint density at radius 1 is 1.22 bits per heavy atom.